The lowest BCUT2D eigenvalue weighted by Crippen LogP contribution is -2.17. The number of nitriles is 1. The Balaban J connectivity index is 1.66. The molecule has 5 nitrogen and oxygen atoms in total. The summed E-state index contributed by atoms with van der Waals surface area (Å²) in [6.45, 7) is 0. The van der Waals surface area contributed by atoms with Gasteiger partial charge in [-0.05, 0) is 42.0 Å². The summed E-state index contributed by atoms with van der Waals surface area (Å²) < 4.78 is 73.4. The Kier molecular flexibility index (Phi) is 6.49. The van der Waals surface area contributed by atoms with Crippen molar-refractivity contribution in [3.05, 3.63) is 108 Å². The molecule has 4 aromatic carbocycles. The molecule has 4 aromatic rings. The van der Waals surface area contributed by atoms with Crippen molar-refractivity contribution >= 4 is 15.7 Å². The molecule has 176 valence electrons. The van der Waals surface area contributed by atoms with Crippen molar-refractivity contribution in [3.63, 3.8) is 0 Å². The van der Waals surface area contributed by atoms with E-state index in [0.29, 0.717) is 5.75 Å². The molecule has 0 aliphatic rings. The third-order valence-corrected chi connectivity index (χ3v) is 6.41. The van der Waals surface area contributed by atoms with Gasteiger partial charge in [-0.15, -0.1) is 0 Å². The highest BCUT2D eigenvalue weighted by molar-refractivity contribution is 7.92. The van der Waals surface area contributed by atoms with Gasteiger partial charge in [0.2, 0.25) is 0 Å². The average Bonchev–Trinajstić information content (AvgIpc) is 2.84. The lowest BCUT2D eigenvalue weighted by atomic mass is 10.0. The van der Waals surface area contributed by atoms with Gasteiger partial charge in [0.25, 0.3) is 10.0 Å². The van der Waals surface area contributed by atoms with E-state index in [4.69, 9.17) is 4.74 Å². The van der Waals surface area contributed by atoms with E-state index in [9.17, 15) is 26.9 Å². The molecule has 0 unspecified atom stereocenters. The van der Waals surface area contributed by atoms with Crippen LogP contribution in [0.5, 0.6) is 11.5 Å². The zero-order valence-corrected chi connectivity index (χ0v) is 18.8. The number of benzene rings is 4. The average molecular weight is 494 g/mol. The summed E-state index contributed by atoms with van der Waals surface area (Å²) in [4.78, 5) is -0.380. The Bertz CT molecular complexity index is 1510. The van der Waals surface area contributed by atoms with Gasteiger partial charge in [0.1, 0.15) is 17.6 Å². The monoisotopic (exact) mass is 494 g/mol. The van der Waals surface area contributed by atoms with Crippen LogP contribution in [0.15, 0.2) is 102 Å². The molecule has 0 aliphatic carbocycles. The van der Waals surface area contributed by atoms with Gasteiger partial charge < -0.3 is 4.74 Å². The SMILES string of the molecule is N#Cc1cc(S(=O)(=O)Nc2ccccc2C(F)(F)F)ccc1Oc1ccccc1-c1ccccc1. The topological polar surface area (TPSA) is 79.2 Å². The molecule has 0 heterocycles. The minimum absolute atomic E-state index is 0.0974. The number of hydrogen-bond acceptors (Lipinski definition) is 4. The summed E-state index contributed by atoms with van der Waals surface area (Å²) in [5.74, 6) is 0.550. The van der Waals surface area contributed by atoms with Crippen molar-refractivity contribution in [1.82, 2.24) is 0 Å². The largest absolute Gasteiger partial charge is 0.455 e. The van der Waals surface area contributed by atoms with Crippen molar-refractivity contribution < 1.29 is 26.3 Å². The normalized spacial score (nSPS) is 11.5. The van der Waals surface area contributed by atoms with Crippen molar-refractivity contribution in [3.8, 4) is 28.7 Å². The first kappa shape index (κ1) is 23.9. The van der Waals surface area contributed by atoms with Crippen LogP contribution in [0, 0.1) is 11.3 Å². The van der Waals surface area contributed by atoms with E-state index >= 15 is 0 Å². The quantitative estimate of drug-likeness (QED) is 0.318. The minimum atomic E-state index is -4.75. The first-order chi connectivity index (χ1) is 16.7. The van der Waals surface area contributed by atoms with Gasteiger partial charge in [0.05, 0.1) is 21.7 Å². The second-order valence-electron chi connectivity index (χ2n) is 7.38. The number of hydrogen-bond donors (Lipinski definition) is 1. The number of halogens is 3. The van der Waals surface area contributed by atoms with Crippen LogP contribution in [0.1, 0.15) is 11.1 Å². The van der Waals surface area contributed by atoms with Crippen LogP contribution in [0.25, 0.3) is 11.1 Å². The number of rotatable bonds is 6. The zero-order chi connectivity index (χ0) is 25.1. The minimum Gasteiger partial charge on any atom is -0.455 e. The third kappa shape index (κ3) is 5.28. The molecular formula is C26H17F3N2O3S. The van der Waals surface area contributed by atoms with Crippen molar-refractivity contribution in [2.45, 2.75) is 11.1 Å². The van der Waals surface area contributed by atoms with E-state index in [1.54, 1.807) is 12.1 Å². The molecule has 0 fully saturated rings. The number of ether oxygens (including phenoxy) is 1. The molecule has 0 bridgehead atoms. The number of anilines is 1. The molecule has 0 amide bonds. The number of para-hydroxylation sites is 2. The molecule has 35 heavy (non-hydrogen) atoms. The summed E-state index contributed by atoms with van der Waals surface area (Å²) in [6, 6.07) is 26.2. The molecule has 0 saturated carbocycles. The Labute approximate surface area is 200 Å². The molecule has 4 rings (SSSR count). The summed E-state index contributed by atoms with van der Waals surface area (Å²) >= 11 is 0. The fraction of sp³-hybridized carbons (Fsp3) is 0.0385. The summed E-state index contributed by atoms with van der Waals surface area (Å²) in [6.07, 6.45) is -4.75. The molecule has 0 atom stereocenters. The van der Waals surface area contributed by atoms with Crippen LogP contribution in [-0.2, 0) is 16.2 Å². The lowest BCUT2D eigenvalue weighted by Gasteiger charge is -2.16. The van der Waals surface area contributed by atoms with Gasteiger partial charge >= 0.3 is 6.18 Å². The van der Waals surface area contributed by atoms with Gasteiger partial charge in [-0.25, -0.2) is 8.42 Å². The number of nitrogens with one attached hydrogen (secondary N) is 1. The van der Waals surface area contributed by atoms with Crippen LogP contribution in [-0.4, -0.2) is 8.42 Å². The van der Waals surface area contributed by atoms with E-state index in [1.807, 2.05) is 53.3 Å². The van der Waals surface area contributed by atoms with Crippen molar-refractivity contribution in [2.24, 2.45) is 0 Å². The second-order valence-corrected chi connectivity index (χ2v) is 9.07. The molecular weight excluding hydrogens is 477 g/mol. The number of nitrogens with zero attached hydrogens (tertiary/aromatic N) is 1. The highest BCUT2D eigenvalue weighted by Crippen LogP contribution is 2.37. The van der Waals surface area contributed by atoms with Gasteiger partial charge in [-0.1, -0.05) is 60.7 Å². The Morgan fingerprint density at radius 3 is 2.17 bits per heavy atom. The van der Waals surface area contributed by atoms with E-state index in [-0.39, 0.29) is 16.2 Å². The van der Waals surface area contributed by atoms with Crippen LogP contribution in [0.4, 0.5) is 18.9 Å². The molecule has 0 aliphatic heterocycles. The van der Waals surface area contributed by atoms with Gasteiger partial charge in [-0.2, -0.15) is 18.4 Å². The Morgan fingerprint density at radius 2 is 1.46 bits per heavy atom. The van der Waals surface area contributed by atoms with Gasteiger partial charge in [0, 0.05) is 5.56 Å². The van der Waals surface area contributed by atoms with E-state index in [2.05, 4.69) is 0 Å². The molecule has 0 saturated heterocycles. The molecule has 9 heteroatoms. The molecule has 0 aromatic heterocycles. The predicted molar refractivity (Wildman–Crippen MR) is 125 cm³/mol. The highest BCUT2D eigenvalue weighted by Gasteiger charge is 2.34. The van der Waals surface area contributed by atoms with Crippen LogP contribution < -0.4 is 9.46 Å². The Hall–Kier alpha value is -4.29. The maximum absolute atomic E-state index is 13.3. The third-order valence-electron chi connectivity index (χ3n) is 5.05. The molecule has 0 radical (unpaired) electrons. The fourth-order valence-corrected chi connectivity index (χ4v) is 4.51. The first-order valence-electron chi connectivity index (χ1n) is 10.2. The fourth-order valence-electron chi connectivity index (χ4n) is 3.41. The van der Waals surface area contributed by atoms with Crippen molar-refractivity contribution in [1.29, 1.82) is 5.26 Å². The van der Waals surface area contributed by atoms with Crippen LogP contribution in [0.3, 0.4) is 0 Å². The zero-order valence-electron chi connectivity index (χ0n) is 18.0. The van der Waals surface area contributed by atoms with E-state index in [1.165, 1.54) is 18.2 Å². The van der Waals surface area contributed by atoms with E-state index < -0.39 is 27.5 Å². The van der Waals surface area contributed by atoms with Crippen molar-refractivity contribution in [2.75, 3.05) is 4.72 Å². The molecule has 1 N–H and O–H groups in total. The molecule has 0 spiro atoms. The van der Waals surface area contributed by atoms with Crippen LogP contribution in [0.2, 0.25) is 0 Å². The van der Waals surface area contributed by atoms with Gasteiger partial charge in [0.15, 0.2) is 0 Å². The van der Waals surface area contributed by atoms with Crippen LogP contribution >= 0.6 is 0 Å². The lowest BCUT2D eigenvalue weighted by molar-refractivity contribution is -0.136. The maximum atomic E-state index is 13.3. The number of sulfonamides is 1. The van der Waals surface area contributed by atoms with E-state index in [0.717, 1.165) is 35.4 Å². The smallest absolute Gasteiger partial charge is 0.418 e. The predicted octanol–water partition coefficient (Wildman–Crippen LogP) is 6.84. The van der Waals surface area contributed by atoms with Gasteiger partial charge in [-0.3, -0.25) is 4.72 Å². The highest BCUT2D eigenvalue weighted by atomic mass is 32.2. The summed E-state index contributed by atoms with van der Waals surface area (Å²) in [5.41, 5.74) is -0.190. The standard InChI is InChI=1S/C26H17F3N2O3S/c27-26(28,29)22-11-5-6-12-23(22)31-35(32,33)20-14-15-24(19(16-20)17-30)34-25-13-7-4-10-21(25)18-8-2-1-3-9-18/h1-16,31H. The summed E-state index contributed by atoms with van der Waals surface area (Å²) in [5, 5.41) is 9.62. The maximum Gasteiger partial charge on any atom is 0.418 e. The number of alkyl halides is 3. The Morgan fingerprint density at radius 1 is 0.800 bits per heavy atom. The summed E-state index contributed by atoms with van der Waals surface area (Å²) in [7, 11) is -4.43. The second kappa shape index (κ2) is 9.52. The first-order valence-corrected chi connectivity index (χ1v) is 11.7.